The van der Waals surface area contributed by atoms with E-state index in [0.717, 1.165) is 0 Å². The predicted molar refractivity (Wildman–Crippen MR) is 70.6 cm³/mol. The van der Waals surface area contributed by atoms with Crippen LogP contribution in [0.25, 0.3) is 0 Å². The van der Waals surface area contributed by atoms with Crippen LogP contribution in [0.15, 0.2) is 36.4 Å². The van der Waals surface area contributed by atoms with E-state index in [0.29, 0.717) is 22.4 Å². The van der Waals surface area contributed by atoms with Crippen LogP contribution >= 0.6 is 0 Å². The van der Waals surface area contributed by atoms with Crippen molar-refractivity contribution in [2.24, 2.45) is 0 Å². The summed E-state index contributed by atoms with van der Waals surface area (Å²) in [5, 5.41) is 18.8. The van der Waals surface area contributed by atoms with E-state index >= 15 is 0 Å². The summed E-state index contributed by atoms with van der Waals surface area (Å²) in [6, 6.07) is 9.09. The number of phenols is 2. The first-order valence-electron chi connectivity index (χ1n) is 5.79. The second kappa shape index (κ2) is 5.02. The molecule has 0 radical (unpaired) electrons. The number of hydrogen-bond acceptors (Lipinski definition) is 4. The van der Waals surface area contributed by atoms with E-state index in [2.05, 4.69) is 0 Å². The molecular formula is C15H14O4. The van der Waals surface area contributed by atoms with Gasteiger partial charge < -0.3 is 14.9 Å². The van der Waals surface area contributed by atoms with Crippen molar-refractivity contribution >= 4 is 5.97 Å². The summed E-state index contributed by atoms with van der Waals surface area (Å²) in [6.07, 6.45) is 0. The highest BCUT2D eigenvalue weighted by Crippen LogP contribution is 2.23. The average molecular weight is 258 g/mol. The van der Waals surface area contributed by atoms with Crippen LogP contribution in [0.3, 0.4) is 0 Å². The average Bonchev–Trinajstić information content (AvgIpc) is 2.37. The standard InChI is InChI=1S/C15H14O4/c1-9-7-11(3-5-13(9)16)15(18)19-12-4-6-14(17)10(2)8-12/h3-8,16-17H,1-2H3. The van der Waals surface area contributed by atoms with Gasteiger partial charge in [0, 0.05) is 0 Å². The Morgan fingerprint density at radius 3 is 2.11 bits per heavy atom. The lowest BCUT2D eigenvalue weighted by molar-refractivity contribution is 0.0734. The minimum Gasteiger partial charge on any atom is -0.508 e. The third-order valence-corrected chi connectivity index (χ3v) is 2.81. The van der Waals surface area contributed by atoms with Gasteiger partial charge in [-0.25, -0.2) is 4.79 Å². The Bertz CT molecular complexity index is 632. The lowest BCUT2D eigenvalue weighted by Crippen LogP contribution is -2.08. The van der Waals surface area contributed by atoms with Gasteiger partial charge in [-0.1, -0.05) is 0 Å². The van der Waals surface area contributed by atoms with Crippen LogP contribution in [-0.2, 0) is 0 Å². The monoisotopic (exact) mass is 258 g/mol. The summed E-state index contributed by atoms with van der Waals surface area (Å²) >= 11 is 0. The van der Waals surface area contributed by atoms with E-state index in [1.54, 1.807) is 26.0 Å². The van der Waals surface area contributed by atoms with E-state index < -0.39 is 5.97 Å². The third-order valence-electron chi connectivity index (χ3n) is 2.81. The number of hydrogen-bond donors (Lipinski definition) is 2. The molecule has 19 heavy (non-hydrogen) atoms. The predicted octanol–water partition coefficient (Wildman–Crippen LogP) is 2.93. The van der Waals surface area contributed by atoms with Gasteiger partial charge in [0.2, 0.25) is 0 Å². The van der Waals surface area contributed by atoms with E-state index in [-0.39, 0.29) is 11.5 Å². The Morgan fingerprint density at radius 2 is 1.53 bits per heavy atom. The second-order valence-electron chi connectivity index (χ2n) is 4.34. The fraction of sp³-hybridized carbons (Fsp3) is 0.133. The zero-order valence-electron chi connectivity index (χ0n) is 10.7. The zero-order chi connectivity index (χ0) is 14.0. The molecule has 0 amide bonds. The van der Waals surface area contributed by atoms with Gasteiger partial charge in [0.15, 0.2) is 0 Å². The molecule has 0 unspecified atom stereocenters. The molecule has 0 atom stereocenters. The van der Waals surface area contributed by atoms with Crippen molar-refractivity contribution < 1.29 is 19.7 Å². The number of aryl methyl sites for hydroxylation is 2. The molecule has 0 fully saturated rings. The lowest BCUT2D eigenvalue weighted by atomic mass is 10.1. The van der Waals surface area contributed by atoms with Crippen LogP contribution in [0.1, 0.15) is 21.5 Å². The number of esters is 1. The van der Waals surface area contributed by atoms with E-state index in [1.807, 2.05) is 0 Å². The normalized spacial score (nSPS) is 10.2. The van der Waals surface area contributed by atoms with Crippen molar-refractivity contribution in [1.82, 2.24) is 0 Å². The number of aromatic hydroxyl groups is 2. The fourth-order valence-corrected chi connectivity index (χ4v) is 1.64. The van der Waals surface area contributed by atoms with Crippen molar-refractivity contribution in [1.29, 1.82) is 0 Å². The summed E-state index contributed by atoms with van der Waals surface area (Å²) in [4.78, 5) is 11.9. The minimum atomic E-state index is -0.506. The maximum absolute atomic E-state index is 11.9. The summed E-state index contributed by atoms with van der Waals surface area (Å²) in [5.74, 6) is 0.150. The van der Waals surface area contributed by atoms with Crippen LogP contribution in [0, 0.1) is 13.8 Å². The highest BCUT2D eigenvalue weighted by Gasteiger charge is 2.10. The number of carbonyl (C=O) groups is 1. The van der Waals surface area contributed by atoms with E-state index in [1.165, 1.54) is 24.3 Å². The molecule has 2 aromatic carbocycles. The zero-order valence-corrected chi connectivity index (χ0v) is 10.7. The Kier molecular flexibility index (Phi) is 3.42. The van der Waals surface area contributed by atoms with Crippen LogP contribution in [-0.4, -0.2) is 16.2 Å². The van der Waals surface area contributed by atoms with Gasteiger partial charge >= 0.3 is 5.97 Å². The molecule has 2 rings (SSSR count). The molecule has 0 aliphatic heterocycles. The Hall–Kier alpha value is -2.49. The van der Waals surface area contributed by atoms with Crippen LogP contribution < -0.4 is 4.74 Å². The molecule has 0 bridgehead atoms. The second-order valence-corrected chi connectivity index (χ2v) is 4.34. The van der Waals surface area contributed by atoms with Crippen LogP contribution in [0.5, 0.6) is 17.2 Å². The highest BCUT2D eigenvalue weighted by atomic mass is 16.5. The fourth-order valence-electron chi connectivity index (χ4n) is 1.64. The number of rotatable bonds is 2. The summed E-state index contributed by atoms with van der Waals surface area (Å²) < 4.78 is 5.20. The van der Waals surface area contributed by atoms with Gasteiger partial charge in [0.05, 0.1) is 5.56 Å². The van der Waals surface area contributed by atoms with Crippen molar-refractivity contribution in [2.75, 3.05) is 0 Å². The Morgan fingerprint density at radius 1 is 0.947 bits per heavy atom. The molecule has 98 valence electrons. The molecule has 4 nitrogen and oxygen atoms in total. The number of benzene rings is 2. The molecule has 2 N–H and O–H groups in total. The maximum atomic E-state index is 11.9. The largest absolute Gasteiger partial charge is 0.508 e. The molecule has 4 heteroatoms. The van der Waals surface area contributed by atoms with E-state index in [4.69, 9.17) is 4.74 Å². The molecule has 0 aromatic heterocycles. The maximum Gasteiger partial charge on any atom is 0.343 e. The van der Waals surface area contributed by atoms with Crippen molar-refractivity contribution in [2.45, 2.75) is 13.8 Å². The van der Waals surface area contributed by atoms with Crippen molar-refractivity contribution in [3.8, 4) is 17.2 Å². The van der Waals surface area contributed by atoms with Gasteiger partial charge in [-0.3, -0.25) is 0 Å². The first kappa shape index (κ1) is 13.0. The van der Waals surface area contributed by atoms with Gasteiger partial charge in [-0.2, -0.15) is 0 Å². The SMILES string of the molecule is Cc1cc(OC(=O)c2ccc(O)c(C)c2)ccc1O. The molecule has 0 saturated heterocycles. The summed E-state index contributed by atoms with van der Waals surface area (Å²) in [6.45, 7) is 3.42. The quantitative estimate of drug-likeness (QED) is 0.642. The first-order chi connectivity index (χ1) is 8.97. The highest BCUT2D eigenvalue weighted by molar-refractivity contribution is 5.91. The molecule has 0 heterocycles. The Balaban J connectivity index is 2.20. The Labute approximate surface area is 110 Å². The summed E-state index contributed by atoms with van der Waals surface area (Å²) in [7, 11) is 0. The van der Waals surface area contributed by atoms with Crippen LogP contribution in [0.2, 0.25) is 0 Å². The topological polar surface area (TPSA) is 66.8 Å². The summed E-state index contributed by atoms with van der Waals surface area (Å²) in [5.41, 5.74) is 1.60. The third kappa shape index (κ3) is 2.85. The van der Waals surface area contributed by atoms with Gasteiger partial charge in [0.25, 0.3) is 0 Å². The number of carbonyl (C=O) groups excluding carboxylic acids is 1. The van der Waals surface area contributed by atoms with Crippen LogP contribution in [0.4, 0.5) is 0 Å². The van der Waals surface area contributed by atoms with Crippen molar-refractivity contribution in [3.63, 3.8) is 0 Å². The van der Waals surface area contributed by atoms with Gasteiger partial charge in [-0.15, -0.1) is 0 Å². The lowest BCUT2D eigenvalue weighted by Gasteiger charge is -2.07. The molecule has 0 aliphatic carbocycles. The number of ether oxygens (including phenoxy) is 1. The van der Waals surface area contributed by atoms with Gasteiger partial charge in [0.1, 0.15) is 17.2 Å². The van der Waals surface area contributed by atoms with Gasteiger partial charge in [-0.05, 0) is 61.4 Å². The first-order valence-corrected chi connectivity index (χ1v) is 5.79. The molecule has 2 aromatic rings. The molecule has 0 spiro atoms. The smallest absolute Gasteiger partial charge is 0.343 e. The molecule has 0 aliphatic rings. The van der Waals surface area contributed by atoms with E-state index in [9.17, 15) is 15.0 Å². The van der Waals surface area contributed by atoms with Crippen molar-refractivity contribution in [3.05, 3.63) is 53.1 Å². The molecule has 0 saturated carbocycles. The number of phenolic OH excluding ortho intramolecular Hbond substituents is 2. The minimum absolute atomic E-state index is 0.136. The molecular weight excluding hydrogens is 244 g/mol.